The SMILES string of the molecule is CCC1CN(C(C)=O)c2cc(C(=O)CN)ccc2O1. The molecule has 5 heteroatoms. The number of nitrogens with zero attached hydrogens (tertiary/aromatic N) is 1. The average Bonchev–Trinajstić information content (AvgIpc) is 2.44. The molecule has 0 bridgehead atoms. The van der Waals surface area contributed by atoms with Crippen molar-refractivity contribution in [2.24, 2.45) is 5.73 Å². The lowest BCUT2D eigenvalue weighted by Gasteiger charge is -2.34. The predicted molar refractivity (Wildman–Crippen MR) is 72.6 cm³/mol. The van der Waals surface area contributed by atoms with Crippen molar-refractivity contribution in [3.05, 3.63) is 23.8 Å². The Morgan fingerprint density at radius 3 is 2.79 bits per heavy atom. The van der Waals surface area contributed by atoms with E-state index >= 15 is 0 Å². The Balaban J connectivity index is 2.43. The van der Waals surface area contributed by atoms with Crippen molar-refractivity contribution in [1.82, 2.24) is 0 Å². The van der Waals surface area contributed by atoms with Gasteiger partial charge in [-0.05, 0) is 24.6 Å². The molecule has 1 aliphatic heterocycles. The Labute approximate surface area is 112 Å². The zero-order valence-corrected chi connectivity index (χ0v) is 11.2. The molecular formula is C14H18N2O3. The van der Waals surface area contributed by atoms with E-state index in [-0.39, 0.29) is 24.3 Å². The summed E-state index contributed by atoms with van der Waals surface area (Å²) >= 11 is 0. The number of fused-ring (bicyclic) bond motifs is 1. The number of carbonyl (C=O) groups is 2. The monoisotopic (exact) mass is 262 g/mol. The van der Waals surface area contributed by atoms with Gasteiger partial charge in [-0.2, -0.15) is 0 Å². The number of anilines is 1. The van der Waals surface area contributed by atoms with Gasteiger partial charge in [0.1, 0.15) is 11.9 Å². The fourth-order valence-electron chi connectivity index (χ4n) is 2.15. The van der Waals surface area contributed by atoms with Crippen LogP contribution < -0.4 is 15.4 Å². The second-order valence-corrected chi connectivity index (χ2v) is 4.59. The number of hydrogen-bond acceptors (Lipinski definition) is 4. The lowest BCUT2D eigenvalue weighted by Crippen LogP contribution is -2.42. The highest BCUT2D eigenvalue weighted by Gasteiger charge is 2.27. The molecule has 1 amide bonds. The first-order valence-corrected chi connectivity index (χ1v) is 6.38. The van der Waals surface area contributed by atoms with E-state index in [9.17, 15) is 9.59 Å². The summed E-state index contributed by atoms with van der Waals surface area (Å²) in [7, 11) is 0. The van der Waals surface area contributed by atoms with Gasteiger partial charge in [0.05, 0.1) is 18.8 Å². The number of carbonyl (C=O) groups excluding carboxylic acids is 2. The number of ether oxygens (including phenoxy) is 1. The zero-order chi connectivity index (χ0) is 14.0. The van der Waals surface area contributed by atoms with Crippen LogP contribution in [0.25, 0.3) is 0 Å². The van der Waals surface area contributed by atoms with Crippen molar-refractivity contribution < 1.29 is 14.3 Å². The van der Waals surface area contributed by atoms with Crippen LogP contribution in [0.4, 0.5) is 5.69 Å². The van der Waals surface area contributed by atoms with E-state index in [0.717, 1.165) is 6.42 Å². The fraction of sp³-hybridized carbons (Fsp3) is 0.429. The van der Waals surface area contributed by atoms with Crippen molar-refractivity contribution in [3.63, 3.8) is 0 Å². The molecule has 1 aromatic rings. The number of ketones is 1. The maximum Gasteiger partial charge on any atom is 0.224 e. The van der Waals surface area contributed by atoms with Crippen LogP contribution in [0.1, 0.15) is 30.6 Å². The first-order valence-electron chi connectivity index (χ1n) is 6.38. The van der Waals surface area contributed by atoms with E-state index in [0.29, 0.717) is 23.5 Å². The zero-order valence-electron chi connectivity index (χ0n) is 11.2. The van der Waals surface area contributed by atoms with Gasteiger partial charge in [-0.15, -0.1) is 0 Å². The molecular weight excluding hydrogens is 244 g/mol. The van der Waals surface area contributed by atoms with E-state index in [2.05, 4.69) is 0 Å². The van der Waals surface area contributed by atoms with Gasteiger partial charge in [0, 0.05) is 12.5 Å². The van der Waals surface area contributed by atoms with Gasteiger partial charge in [-0.3, -0.25) is 9.59 Å². The number of Topliss-reactive ketones (excluding diaryl/α,β-unsaturated/α-hetero) is 1. The molecule has 1 aliphatic rings. The minimum absolute atomic E-state index is 0.00698. The third-order valence-corrected chi connectivity index (χ3v) is 3.27. The van der Waals surface area contributed by atoms with Crippen LogP contribution in [-0.2, 0) is 4.79 Å². The van der Waals surface area contributed by atoms with E-state index in [1.54, 1.807) is 23.1 Å². The predicted octanol–water partition coefficient (Wildman–Crippen LogP) is 1.35. The van der Waals surface area contributed by atoms with Crippen molar-refractivity contribution in [2.45, 2.75) is 26.4 Å². The number of amides is 1. The molecule has 102 valence electrons. The summed E-state index contributed by atoms with van der Waals surface area (Å²) in [5.41, 5.74) is 6.51. The summed E-state index contributed by atoms with van der Waals surface area (Å²) in [5.74, 6) is 0.436. The van der Waals surface area contributed by atoms with Gasteiger partial charge in [0.25, 0.3) is 0 Å². The number of nitrogens with two attached hydrogens (primary N) is 1. The van der Waals surface area contributed by atoms with Gasteiger partial charge >= 0.3 is 0 Å². The Hall–Kier alpha value is -1.88. The van der Waals surface area contributed by atoms with Crippen LogP contribution in [0.5, 0.6) is 5.75 Å². The Morgan fingerprint density at radius 1 is 1.47 bits per heavy atom. The molecule has 0 saturated carbocycles. The summed E-state index contributed by atoms with van der Waals surface area (Å²) < 4.78 is 5.79. The first-order chi connectivity index (χ1) is 9.06. The Morgan fingerprint density at radius 2 is 2.21 bits per heavy atom. The minimum Gasteiger partial charge on any atom is -0.486 e. The summed E-state index contributed by atoms with van der Waals surface area (Å²) in [6, 6.07) is 5.10. The molecule has 1 aromatic carbocycles. The third-order valence-electron chi connectivity index (χ3n) is 3.27. The molecule has 1 unspecified atom stereocenters. The van der Waals surface area contributed by atoms with E-state index in [1.165, 1.54) is 6.92 Å². The standard InChI is InChI=1S/C14H18N2O3/c1-3-11-8-16(9(2)17)12-6-10(13(18)7-15)4-5-14(12)19-11/h4-6,11H,3,7-8,15H2,1-2H3. The molecule has 19 heavy (non-hydrogen) atoms. The van der Waals surface area contributed by atoms with Gasteiger partial charge in [0.15, 0.2) is 5.78 Å². The van der Waals surface area contributed by atoms with Crippen molar-refractivity contribution in [2.75, 3.05) is 18.0 Å². The summed E-state index contributed by atoms with van der Waals surface area (Å²) in [5, 5.41) is 0. The number of benzene rings is 1. The van der Waals surface area contributed by atoms with E-state index < -0.39 is 0 Å². The van der Waals surface area contributed by atoms with Crippen LogP contribution in [0.15, 0.2) is 18.2 Å². The molecule has 2 rings (SSSR count). The van der Waals surface area contributed by atoms with E-state index in [1.807, 2.05) is 6.92 Å². The van der Waals surface area contributed by atoms with Gasteiger partial charge < -0.3 is 15.4 Å². The highest BCUT2D eigenvalue weighted by molar-refractivity contribution is 6.01. The largest absolute Gasteiger partial charge is 0.486 e. The maximum absolute atomic E-state index is 11.7. The lowest BCUT2D eigenvalue weighted by molar-refractivity contribution is -0.117. The molecule has 0 aromatic heterocycles. The molecule has 5 nitrogen and oxygen atoms in total. The Bertz CT molecular complexity index is 513. The quantitative estimate of drug-likeness (QED) is 0.835. The van der Waals surface area contributed by atoms with Crippen LogP contribution in [0.2, 0.25) is 0 Å². The van der Waals surface area contributed by atoms with E-state index in [4.69, 9.17) is 10.5 Å². The smallest absolute Gasteiger partial charge is 0.224 e. The van der Waals surface area contributed by atoms with Crippen molar-refractivity contribution >= 4 is 17.4 Å². The highest BCUT2D eigenvalue weighted by atomic mass is 16.5. The normalized spacial score (nSPS) is 17.6. The molecule has 0 radical (unpaired) electrons. The summed E-state index contributed by atoms with van der Waals surface area (Å²) in [4.78, 5) is 25.0. The topological polar surface area (TPSA) is 72.6 Å². The fourth-order valence-corrected chi connectivity index (χ4v) is 2.15. The molecule has 0 spiro atoms. The van der Waals surface area contributed by atoms with Crippen molar-refractivity contribution in [3.8, 4) is 5.75 Å². The second-order valence-electron chi connectivity index (χ2n) is 4.59. The van der Waals surface area contributed by atoms with Crippen LogP contribution in [-0.4, -0.2) is 30.9 Å². The van der Waals surface area contributed by atoms with Gasteiger partial charge in [-0.25, -0.2) is 0 Å². The van der Waals surface area contributed by atoms with Gasteiger partial charge in [-0.1, -0.05) is 6.92 Å². The molecule has 0 fully saturated rings. The molecule has 1 atom stereocenters. The van der Waals surface area contributed by atoms with Crippen LogP contribution in [0.3, 0.4) is 0 Å². The van der Waals surface area contributed by atoms with Crippen LogP contribution >= 0.6 is 0 Å². The highest BCUT2D eigenvalue weighted by Crippen LogP contribution is 2.35. The lowest BCUT2D eigenvalue weighted by atomic mass is 10.1. The average molecular weight is 262 g/mol. The third kappa shape index (κ3) is 2.61. The molecule has 2 N–H and O–H groups in total. The maximum atomic E-state index is 11.7. The van der Waals surface area contributed by atoms with Crippen molar-refractivity contribution in [1.29, 1.82) is 0 Å². The minimum atomic E-state index is -0.149. The van der Waals surface area contributed by atoms with Crippen LogP contribution in [0, 0.1) is 0 Å². The van der Waals surface area contributed by atoms with Gasteiger partial charge in [0.2, 0.25) is 5.91 Å². The molecule has 0 aliphatic carbocycles. The number of hydrogen-bond donors (Lipinski definition) is 1. The summed E-state index contributed by atoms with van der Waals surface area (Å²) in [6.07, 6.45) is 0.819. The summed E-state index contributed by atoms with van der Waals surface area (Å²) in [6.45, 7) is 4.00. The first kappa shape index (κ1) is 13.5. The Kier molecular flexibility index (Phi) is 3.85. The molecule has 0 saturated heterocycles. The second kappa shape index (κ2) is 5.40. The molecule has 1 heterocycles. The number of rotatable bonds is 3.